The molecule has 5 fully saturated rings. The number of likely N-dealkylation sites (N-methyl/N-ethyl adjacent to an activating group) is 2. The van der Waals surface area contributed by atoms with Crippen LogP contribution < -0.4 is 21.8 Å². The number of aliphatic imine (C=N–C) groups is 4. The van der Waals surface area contributed by atoms with Gasteiger partial charge in [-0.1, -0.05) is 26.3 Å². The predicted molar refractivity (Wildman–Crippen MR) is 476 cm³/mol. The second-order valence-electron chi connectivity index (χ2n) is 33.7. The van der Waals surface area contributed by atoms with Crippen LogP contribution in [0.15, 0.2) is 136 Å². The normalized spacial score (nSPS) is 31.7. The van der Waals surface area contributed by atoms with Gasteiger partial charge in [-0.3, -0.25) is 24.5 Å². The van der Waals surface area contributed by atoms with Crippen molar-refractivity contribution in [3.63, 3.8) is 0 Å². The maximum atomic E-state index is 12.2. The average molecular weight is 1690 g/mol. The van der Waals surface area contributed by atoms with Crippen LogP contribution in [-0.2, 0) is 40.2 Å². The Balaban J connectivity index is 0.000000222. The van der Waals surface area contributed by atoms with Crippen molar-refractivity contribution >= 4 is 89.3 Å². The first-order valence-electron chi connectivity index (χ1n) is 37.9. The Bertz CT molecular complexity index is 4150. The molecule has 114 heavy (non-hydrogen) atoms. The molecule has 0 aliphatic carbocycles. The monoisotopic (exact) mass is 1690 g/mol. The molecular formula is C78H136N15O16P5. The molecule has 0 unspecified atom stereocenters. The Hall–Kier alpha value is -5.42. The minimum Gasteiger partial charge on any atom is -0.388 e. The Morgan fingerprint density at radius 3 is 1.05 bits per heavy atom. The fourth-order valence-electron chi connectivity index (χ4n) is 13.3. The lowest BCUT2D eigenvalue weighted by molar-refractivity contribution is -0.0709. The fraction of sp³-hybridized carbons (Fsp3) is 0.628. The lowest BCUT2D eigenvalue weighted by atomic mass is 10.1. The second-order valence-corrected chi connectivity index (χ2v) is 55.2. The largest absolute Gasteiger partial charge is 0.388 e. The van der Waals surface area contributed by atoms with E-state index in [-0.39, 0.29) is 23.8 Å². The van der Waals surface area contributed by atoms with Gasteiger partial charge in [0.25, 0.3) is 0 Å². The number of rotatable bonds is 22. The van der Waals surface area contributed by atoms with E-state index in [4.69, 9.17) is 38.6 Å². The highest BCUT2D eigenvalue weighted by Gasteiger charge is 2.51. The molecule has 0 spiro atoms. The van der Waals surface area contributed by atoms with Crippen molar-refractivity contribution in [2.24, 2.45) is 27.0 Å². The molecule has 5 saturated heterocycles. The summed E-state index contributed by atoms with van der Waals surface area (Å²) >= 11 is 0. The number of ether oxygens (including phenoxy) is 7. The van der Waals surface area contributed by atoms with Crippen LogP contribution in [0, 0.1) is 5.41 Å². The molecule has 1 aromatic rings. The summed E-state index contributed by atoms with van der Waals surface area (Å²) in [4.78, 5) is 40.0. The van der Waals surface area contributed by atoms with Gasteiger partial charge in [0.2, 0.25) is 0 Å². The number of hydrogen-bond donors (Lipinski definition) is 11. The van der Waals surface area contributed by atoms with E-state index in [1.54, 1.807) is 56.6 Å². The van der Waals surface area contributed by atoms with Crippen LogP contribution in [0.4, 0.5) is 0 Å². The van der Waals surface area contributed by atoms with Crippen LogP contribution in [0.5, 0.6) is 0 Å². The first-order valence-corrected chi connectivity index (χ1v) is 53.2. The van der Waals surface area contributed by atoms with Crippen molar-refractivity contribution in [1.82, 2.24) is 49.2 Å². The highest BCUT2D eigenvalue weighted by Crippen LogP contribution is 2.44. The molecule has 36 heteroatoms. The number of hydrogen-bond acceptors (Lipinski definition) is 27. The molecule has 644 valence electrons. The number of aliphatic hydroxyl groups is 8. The Kier molecular flexibility index (Phi) is 35.5. The highest BCUT2D eigenvalue weighted by atomic mass is 31.2. The van der Waals surface area contributed by atoms with E-state index in [1.165, 1.54) is 23.9 Å². The summed E-state index contributed by atoms with van der Waals surface area (Å²) in [6.07, 6.45) is 31.9. The molecule has 0 bridgehead atoms. The second kappa shape index (κ2) is 41.5. The van der Waals surface area contributed by atoms with E-state index < -0.39 is 145 Å². The molecule has 31 nitrogen and oxygen atoms in total. The van der Waals surface area contributed by atoms with Gasteiger partial charge < -0.3 is 114 Å². The van der Waals surface area contributed by atoms with Crippen LogP contribution in [-0.4, -0.2) is 405 Å². The van der Waals surface area contributed by atoms with Gasteiger partial charge in [0, 0.05) is 94.5 Å². The van der Waals surface area contributed by atoms with Gasteiger partial charge in [-0.15, -0.1) is 65.9 Å². The third-order valence-electron chi connectivity index (χ3n) is 20.1. The summed E-state index contributed by atoms with van der Waals surface area (Å²) in [7, 11) is 15.7. The molecule has 0 aromatic carbocycles. The maximum Gasteiger partial charge on any atom is 0.331 e. The van der Waals surface area contributed by atoms with Crippen molar-refractivity contribution in [3.8, 4) is 0 Å². The highest BCUT2D eigenvalue weighted by molar-refractivity contribution is 7.73. The topological polar surface area (TPSA) is 370 Å². The van der Waals surface area contributed by atoms with Crippen LogP contribution in [0.1, 0.15) is 38.3 Å². The number of amidine groups is 4. The number of nitrogens with zero attached hydrogens (tertiary/aromatic N) is 12. The molecule has 0 saturated carbocycles. The zero-order valence-corrected chi connectivity index (χ0v) is 75.2. The molecule has 20 atom stereocenters. The molecule has 0 radical (unpaired) electrons. The van der Waals surface area contributed by atoms with Crippen LogP contribution in [0.3, 0.4) is 0 Å². The zero-order chi connectivity index (χ0) is 85.8. The zero-order valence-electron chi connectivity index (χ0n) is 70.7. The number of nitrogens with one attached hydrogen (secondary N) is 3. The smallest absolute Gasteiger partial charge is 0.331 e. The van der Waals surface area contributed by atoms with Crippen molar-refractivity contribution < 1.29 is 74.0 Å². The number of methoxy groups -OCH3 is 2. The first kappa shape index (κ1) is 97.4. The van der Waals surface area contributed by atoms with Gasteiger partial charge in [-0.05, 0) is 160 Å². The molecule has 1 aromatic heterocycles. The Morgan fingerprint density at radius 2 is 0.746 bits per heavy atom. The molecular weight excluding hydrogens is 1560 g/mol. The van der Waals surface area contributed by atoms with Crippen LogP contribution in [0.25, 0.3) is 0 Å². The van der Waals surface area contributed by atoms with E-state index in [2.05, 4.69) is 155 Å². The SMILES string of the molecule is C=C1N=C(N(C)C)C=CN1[C@@H]1O[C@H](CCP(=C)(C)C)[C@@H](O)[C@H]1O.C=C1N=C(N(C)C)C=CN1[C@@H]1O[C@H](CCP(=C)(C)C)[C@@H](O)[C@H]1OC.C=C1NC(=NC)C=CN1[C@@H]1O[C@H](CCP(=C)(C)C)[C@@H](O)[C@H]1O.C=C1NC(=NC)C=CN1[C@@H]1O[C@H](CCP(=C)(C)C)[C@@H](O)[C@H]1OC.C=P(C)(C)CC[C@H]1O[C@@H](n2ccc(=N)n(C)c2=O)[C@H](O)[C@@H]1O. The Morgan fingerprint density at radius 1 is 0.465 bits per heavy atom. The predicted octanol–water partition coefficient (Wildman–Crippen LogP) is 3.18. The summed E-state index contributed by atoms with van der Waals surface area (Å²) < 4.78 is 43.1. The molecule has 11 N–H and O–H groups in total. The molecule has 10 heterocycles. The van der Waals surface area contributed by atoms with Gasteiger partial charge in [0.05, 0.1) is 30.5 Å². The van der Waals surface area contributed by atoms with E-state index in [0.29, 0.717) is 48.4 Å². The van der Waals surface area contributed by atoms with E-state index in [1.807, 2.05) is 78.4 Å². The number of aliphatic hydroxyl groups excluding tert-OH is 8. The standard InChI is InChI=1S/C17H30N3O3P.2C16H28N3O3P.C15H26N3O3P.C14H24N3O4P/c1-12-18-14(19(2)3)8-10-20(12)17-16(22-4)15(21)13(23-17)9-11-24(5,6)7;1-11-17-13(18(2)3)7-9-19(11)16-15(21)14(20)12(22-16)8-10-23(4,5)6;1-11-18-13(17-2)7-9-19(11)16-15(21-3)14(20)12(22-16)8-10-23(4,5)6;1-10-17-12(16-2)6-8-18(10)15-14(20)13(19)11(21-15)7-9-22(3,4)5;1-16-10(15)5-7-17(14(16)20)13-12(19)11(18)9(21-13)6-8-22(2,3)4/h8,10,13,15-17,21H,1,5,9,11H2,2-4,6-7H3;7,9,12,14-16,20-21H,1,4,8,10H2,2-3,5-6H3;7,9,12,14-16,20H,1,4,8,10H2,2-3,5-6H3,(H,17,18);6,8,11,13-15,19-20H,1,3,7,9H2,2,4-5H3,(H,16,17);5,7,9,11-13,15,18-19H,2,6,8H2,1,3-4H3/t13-,15-,16-,17-;2*12-,14-,15-,16-;11-,13-,14-,15-;9-,11-,12-,13-/m11111/s1. The molecule has 0 amide bonds. The first-order chi connectivity index (χ1) is 52.8. The van der Waals surface area contributed by atoms with E-state index >= 15 is 0 Å². The fourth-order valence-corrected chi connectivity index (χ4v) is 18.0. The van der Waals surface area contributed by atoms with E-state index in [9.17, 15) is 45.6 Å². The lowest BCUT2D eigenvalue weighted by Crippen LogP contribution is -2.47. The van der Waals surface area contributed by atoms with Crippen LogP contribution in [0.2, 0.25) is 0 Å². The molecule has 9 aliphatic heterocycles. The van der Waals surface area contributed by atoms with Crippen molar-refractivity contribution in [1.29, 1.82) is 5.41 Å². The minimum atomic E-state index is -1.25. The van der Waals surface area contributed by atoms with E-state index in [0.717, 1.165) is 65.7 Å². The molecule has 10 rings (SSSR count). The van der Waals surface area contributed by atoms with Gasteiger partial charge in [-0.25, -0.2) is 14.8 Å². The van der Waals surface area contributed by atoms with Gasteiger partial charge in [0.15, 0.2) is 31.1 Å². The van der Waals surface area contributed by atoms with Gasteiger partial charge in [0.1, 0.15) is 113 Å². The Labute approximate surface area is 677 Å². The quantitative estimate of drug-likeness (QED) is 0.0743. The number of aromatic nitrogens is 2. The van der Waals surface area contributed by atoms with Crippen molar-refractivity contribution in [2.45, 2.75) is 155 Å². The summed E-state index contributed by atoms with van der Waals surface area (Å²) in [6.45, 7) is 31.4. The van der Waals surface area contributed by atoms with Gasteiger partial charge in [-0.2, -0.15) is 0 Å². The van der Waals surface area contributed by atoms with Crippen molar-refractivity contribution in [2.75, 3.05) is 154 Å². The lowest BCUT2D eigenvalue weighted by Gasteiger charge is -2.34. The van der Waals surface area contributed by atoms with Crippen molar-refractivity contribution in [3.05, 3.63) is 127 Å². The minimum absolute atomic E-state index is 0.0643. The third-order valence-corrected chi connectivity index (χ3v) is 27.5. The summed E-state index contributed by atoms with van der Waals surface area (Å²) in [5.74, 6) is 5.30. The summed E-state index contributed by atoms with van der Waals surface area (Å²) in [6, 6.07) is 1.45. The molecule has 9 aliphatic rings. The third kappa shape index (κ3) is 27.0. The summed E-state index contributed by atoms with van der Waals surface area (Å²) in [5.41, 5.74) is -0.399. The summed E-state index contributed by atoms with van der Waals surface area (Å²) in [5, 5.41) is 96.3. The maximum absolute atomic E-state index is 12.2. The van der Waals surface area contributed by atoms with Crippen LogP contribution >= 0.6 is 34.4 Å². The average Bonchev–Trinajstić information content (AvgIpc) is 1.66. The van der Waals surface area contributed by atoms with Gasteiger partial charge >= 0.3 is 5.69 Å².